The highest BCUT2D eigenvalue weighted by molar-refractivity contribution is 6.68. The number of nitrogens with zero attached hydrogens (tertiary/aromatic N) is 1. The Hall–Kier alpha value is -0.940. The van der Waals surface area contributed by atoms with Gasteiger partial charge in [0.2, 0.25) is 0 Å². The zero-order valence-electron chi connectivity index (χ0n) is 6.60. The summed E-state index contributed by atoms with van der Waals surface area (Å²) in [6, 6.07) is 0.973. The third kappa shape index (κ3) is 2.10. The maximum Gasteiger partial charge on any atom is 0.281 e. The maximum atomic E-state index is 12.3. The average Bonchev–Trinajstić information content (AvgIpc) is 2.08. The second kappa shape index (κ2) is 4.06. The Bertz CT molecular complexity index is 384. The van der Waals surface area contributed by atoms with Gasteiger partial charge in [0.1, 0.15) is 11.5 Å². The van der Waals surface area contributed by atoms with Gasteiger partial charge in [-0.2, -0.15) is 0 Å². The first-order valence-corrected chi connectivity index (χ1v) is 4.13. The van der Waals surface area contributed by atoms with E-state index in [0.29, 0.717) is 0 Å². The zero-order valence-corrected chi connectivity index (χ0v) is 8.11. The third-order valence-corrected chi connectivity index (χ3v) is 1.96. The predicted molar refractivity (Wildman–Crippen MR) is 48.8 cm³/mol. The van der Waals surface area contributed by atoms with Gasteiger partial charge in [-0.3, -0.25) is 4.79 Å². The zero-order chi connectivity index (χ0) is 10.9. The molecule has 0 radical (unpaired) electrons. The third-order valence-electron chi connectivity index (χ3n) is 1.45. The van der Waals surface area contributed by atoms with Crippen LogP contribution in [0.5, 0.6) is 0 Å². The highest BCUT2D eigenvalue weighted by Crippen LogP contribution is 2.27. The minimum atomic E-state index is -2.92. The van der Waals surface area contributed by atoms with Crippen LogP contribution in [0.1, 0.15) is 22.5 Å². The van der Waals surface area contributed by atoms with Crippen molar-refractivity contribution in [3.05, 3.63) is 22.3 Å². The Balaban J connectivity index is 3.39. The molecule has 0 fully saturated rings. The van der Waals surface area contributed by atoms with Crippen LogP contribution in [0, 0.1) is 0 Å². The van der Waals surface area contributed by atoms with Crippen LogP contribution >= 0.6 is 23.2 Å². The molecule has 0 amide bonds. The largest absolute Gasteiger partial charge is 0.382 e. The van der Waals surface area contributed by atoms with E-state index in [0.717, 1.165) is 6.07 Å². The number of carbonyl (C=O) groups is 1. The topological polar surface area (TPSA) is 56.0 Å². The van der Waals surface area contributed by atoms with Crippen LogP contribution in [-0.4, -0.2) is 10.2 Å². The standard InChI is InChI=1S/C7H4Cl2F2N2O/c8-3-1-2(5(9)14)4(6(10)11)13-7(3)12/h1,6H,(H2,12,13). The van der Waals surface area contributed by atoms with Gasteiger partial charge in [0.05, 0.1) is 10.6 Å². The van der Waals surface area contributed by atoms with Gasteiger partial charge >= 0.3 is 0 Å². The molecular weight excluding hydrogens is 237 g/mol. The lowest BCUT2D eigenvalue weighted by atomic mass is 10.2. The van der Waals surface area contributed by atoms with Crippen molar-refractivity contribution in [2.75, 3.05) is 5.73 Å². The minimum Gasteiger partial charge on any atom is -0.382 e. The first-order valence-electron chi connectivity index (χ1n) is 3.37. The van der Waals surface area contributed by atoms with Crippen LogP contribution in [0.2, 0.25) is 5.02 Å². The summed E-state index contributed by atoms with van der Waals surface area (Å²) in [4.78, 5) is 14.0. The Kier molecular flexibility index (Phi) is 3.23. The minimum absolute atomic E-state index is 0.0848. The summed E-state index contributed by atoms with van der Waals surface area (Å²) in [6.45, 7) is 0. The van der Waals surface area contributed by atoms with Gasteiger partial charge in [0.15, 0.2) is 0 Å². The number of nitrogens with two attached hydrogens (primary N) is 1. The summed E-state index contributed by atoms with van der Waals surface area (Å²) >= 11 is 10.6. The van der Waals surface area contributed by atoms with Gasteiger partial charge in [0, 0.05) is 0 Å². The number of carbonyl (C=O) groups excluding carboxylic acids is 1. The molecule has 0 aliphatic carbocycles. The molecule has 0 saturated heterocycles. The Morgan fingerprint density at radius 1 is 1.57 bits per heavy atom. The van der Waals surface area contributed by atoms with Crippen molar-refractivity contribution in [1.29, 1.82) is 0 Å². The van der Waals surface area contributed by atoms with E-state index < -0.39 is 22.9 Å². The van der Waals surface area contributed by atoms with Gasteiger partial charge in [-0.25, -0.2) is 13.8 Å². The smallest absolute Gasteiger partial charge is 0.281 e. The highest BCUT2D eigenvalue weighted by Gasteiger charge is 2.20. The average molecular weight is 241 g/mol. The Labute approximate surface area is 87.8 Å². The van der Waals surface area contributed by atoms with Crippen molar-refractivity contribution in [2.45, 2.75) is 6.43 Å². The lowest BCUT2D eigenvalue weighted by molar-refractivity contribution is 0.106. The lowest BCUT2D eigenvalue weighted by Crippen LogP contribution is -2.05. The number of rotatable bonds is 2. The number of hydrogen-bond acceptors (Lipinski definition) is 3. The van der Waals surface area contributed by atoms with Crippen LogP contribution < -0.4 is 5.73 Å². The first-order chi connectivity index (χ1) is 6.43. The molecule has 0 aromatic carbocycles. The maximum absolute atomic E-state index is 12.3. The molecule has 3 nitrogen and oxygen atoms in total. The summed E-state index contributed by atoms with van der Waals surface area (Å²) in [5, 5.41) is -1.13. The molecule has 0 aliphatic heterocycles. The number of aromatic nitrogens is 1. The molecule has 14 heavy (non-hydrogen) atoms. The van der Waals surface area contributed by atoms with E-state index >= 15 is 0 Å². The van der Waals surface area contributed by atoms with Crippen molar-refractivity contribution in [2.24, 2.45) is 0 Å². The molecule has 1 rings (SSSR count). The second-order valence-corrected chi connectivity index (χ2v) is 3.11. The lowest BCUT2D eigenvalue weighted by Gasteiger charge is -2.06. The molecule has 0 saturated carbocycles. The number of alkyl halides is 2. The molecule has 0 aliphatic rings. The van der Waals surface area contributed by atoms with E-state index in [1.54, 1.807) is 0 Å². The van der Waals surface area contributed by atoms with Gasteiger partial charge in [-0.05, 0) is 17.7 Å². The number of hydrogen-bond donors (Lipinski definition) is 1. The summed E-state index contributed by atoms with van der Waals surface area (Å²) in [5.41, 5.74) is 4.01. The van der Waals surface area contributed by atoms with Crippen molar-refractivity contribution < 1.29 is 13.6 Å². The van der Waals surface area contributed by atoms with E-state index in [2.05, 4.69) is 4.98 Å². The van der Waals surface area contributed by atoms with Crippen LogP contribution in [0.15, 0.2) is 6.07 Å². The van der Waals surface area contributed by atoms with Crippen molar-refractivity contribution in [3.8, 4) is 0 Å². The number of nitrogen functional groups attached to an aromatic ring is 1. The van der Waals surface area contributed by atoms with Crippen LogP contribution in [0.3, 0.4) is 0 Å². The van der Waals surface area contributed by atoms with E-state index in [-0.39, 0.29) is 10.8 Å². The second-order valence-electron chi connectivity index (χ2n) is 2.36. The Morgan fingerprint density at radius 2 is 2.14 bits per heavy atom. The van der Waals surface area contributed by atoms with Crippen molar-refractivity contribution in [1.82, 2.24) is 4.98 Å². The van der Waals surface area contributed by atoms with Gasteiger partial charge < -0.3 is 5.73 Å². The molecule has 7 heteroatoms. The number of halogens is 4. The van der Waals surface area contributed by atoms with Gasteiger partial charge in [0.25, 0.3) is 11.7 Å². The fourth-order valence-corrected chi connectivity index (χ4v) is 1.14. The molecule has 1 heterocycles. The molecule has 0 spiro atoms. The molecule has 0 bridgehead atoms. The fraction of sp³-hybridized carbons (Fsp3) is 0.143. The van der Waals surface area contributed by atoms with E-state index in [9.17, 15) is 13.6 Å². The summed E-state index contributed by atoms with van der Waals surface area (Å²) in [7, 11) is 0. The Morgan fingerprint density at radius 3 is 2.57 bits per heavy atom. The summed E-state index contributed by atoms with van der Waals surface area (Å²) in [6.07, 6.45) is -2.92. The molecule has 0 unspecified atom stereocenters. The van der Waals surface area contributed by atoms with Crippen LogP contribution in [0.25, 0.3) is 0 Å². The van der Waals surface area contributed by atoms with E-state index in [4.69, 9.17) is 28.9 Å². The molecule has 1 aromatic rings. The summed E-state index contributed by atoms with van der Waals surface area (Å²) in [5.74, 6) is -0.261. The monoisotopic (exact) mass is 240 g/mol. The SMILES string of the molecule is Nc1nc(C(F)F)c(C(=O)Cl)cc1Cl. The quantitative estimate of drug-likeness (QED) is 0.809. The summed E-state index contributed by atoms with van der Waals surface area (Å²) < 4.78 is 24.7. The van der Waals surface area contributed by atoms with Crippen molar-refractivity contribution in [3.63, 3.8) is 0 Å². The van der Waals surface area contributed by atoms with Gasteiger partial charge in [-0.15, -0.1) is 0 Å². The number of pyridine rings is 1. The van der Waals surface area contributed by atoms with E-state index in [1.807, 2.05) is 0 Å². The first kappa shape index (κ1) is 11.1. The van der Waals surface area contributed by atoms with Crippen LogP contribution in [0.4, 0.5) is 14.6 Å². The predicted octanol–water partition coefficient (Wildman–Crippen LogP) is 2.63. The molecular formula is C7H4Cl2F2N2O. The molecule has 2 N–H and O–H groups in total. The molecule has 0 atom stereocenters. The fourth-order valence-electron chi connectivity index (χ4n) is 0.842. The van der Waals surface area contributed by atoms with Crippen LogP contribution in [-0.2, 0) is 0 Å². The molecule has 1 aromatic heterocycles. The normalized spacial score (nSPS) is 10.6. The van der Waals surface area contributed by atoms with E-state index in [1.165, 1.54) is 0 Å². The highest BCUT2D eigenvalue weighted by atomic mass is 35.5. The molecule has 76 valence electrons. The number of anilines is 1. The van der Waals surface area contributed by atoms with Crippen molar-refractivity contribution >= 4 is 34.3 Å². The van der Waals surface area contributed by atoms with Gasteiger partial charge in [-0.1, -0.05) is 11.6 Å².